The standard InChI is InChI=1S/C7H6NO3S/c1-12(10,11)7(9)6-4-2-3-5-8-6/h2-5H,1H2. The maximum absolute atomic E-state index is 11.0. The normalized spacial score (nSPS) is 11.1. The first-order valence-electron chi connectivity index (χ1n) is 3.05. The van der Waals surface area contributed by atoms with Crippen LogP contribution >= 0.6 is 0 Å². The van der Waals surface area contributed by atoms with E-state index in [9.17, 15) is 13.2 Å². The predicted molar refractivity (Wildman–Crippen MR) is 42.8 cm³/mol. The number of nitrogens with zero attached hydrogens (tertiary/aromatic N) is 1. The van der Waals surface area contributed by atoms with Crippen molar-refractivity contribution in [2.45, 2.75) is 0 Å². The van der Waals surface area contributed by atoms with Crippen molar-refractivity contribution in [2.24, 2.45) is 0 Å². The maximum atomic E-state index is 11.0. The molecule has 63 valence electrons. The van der Waals surface area contributed by atoms with Gasteiger partial charge in [-0.1, -0.05) is 6.07 Å². The molecule has 0 saturated carbocycles. The minimum Gasteiger partial charge on any atom is -0.274 e. The summed E-state index contributed by atoms with van der Waals surface area (Å²) >= 11 is 0. The van der Waals surface area contributed by atoms with Crippen LogP contribution in [0.3, 0.4) is 0 Å². The Kier molecular flexibility index (Phi) is 2.23. The Morgan fingerprint density at radius 1 is 1.42 bits per heavy atom. The second-order valence-corrected chi connectivity index (χ2v) is 3.72. The summed E-state index contributed by atoms with van der Waals surface area (Å²) in [6.07, 6.45) is 4.08. The van der Waals surface area contributed by atoms with E-state index in [-0.39, 0.29) is 5.69 Å². The molecule has 1 heterocycles. The molecule has 0 N–H and O–H groups in total. The van der Waals surface area contributed by atoms with Crippen molar-refractivity contribution in [1.29, 1.82) is 0 Å². The lowest BCUT2D eigenvalue weighted by molar-refractivity contribution is 0.107. The van der Waals surface area contributed by atoms with Gasteiger partial charge in [-0.3, -0.25) is 9.78 Å². The van der Waals surface area contributed by atoms with Crippen molar-refractivity contribution in [1.82, 2.24) is 4.98 Å². The molecule has 0 spiro atoms. The zero-order chi connectivity index (χ0) is 9.19. The van der Waals surface area contributed by atoms with Crippen molar-refractivity contribution >= 4 is 15.0 Å². The highest BCUT2D eigenvalue weighted by atomic mass is 32.2. The average Bonchev–Trinajstić information content (AvgIpc) is 2.03. The fourth-order valence-corrected chi connectivity index (χ4v) is 1.08. The topological polar surface area (TPSA) is 64.1 Å². The van der Waals surface area contributed by atoms with Crippen LogP contribution in [0.25, 0.3) is 0 Å². The molecule has 12 heavy (non-hydrogen) atoms. The number of hydrogen-bond acceptors (Lipinski definition) is 4. The number of pyridine rings is 1. The van der Waals surface area contributed by atoms with Crippen molar-refractivity contribution in [3.63, 3.8) is 0 Å². The Labute approximate surface area is 70.2 Å². The molecule has 0 aliphatic carbocycles. The van der Waals surface area contributed by atoms with Gasteiger partial charge in [-0.05, 0) is 12.1 Å². The van der Waals surface area contributed by atoms with Crippen LogP contribution in [0.2, 0.25) is 0 Å². The van der Waals surface area contributed by atoms with E-state index in [1.165, 1.54) is 18.3 Å². The van der Waals surface area contributed by atoms with Gasteiger partial charge in [0.15, 0.2) is 0 Å². The molecule has 4 nitrogen and oxygen atoms in total. The van der Waals surface area contributed by atoms with Crippen molar-refractivity contribution in [3.8, 4) is 0 Å². The summed E-state index contributed by atoms with van der Waals surface area (Å²) < 4.78 is 21.3. The summed E-state index contributed by atoms with van der Waals surface area (Å²) in [7, 11) is -3.91. The highest BCUT2D eigenvalue weighted by molar-refractivity contribution is 8.07. The molecule has 0 aliphatic heterocycles. The summed E-state index contributed by atoms with van der Waals surface area (Å²) in [5.41, 5.74) is -0.104. The molecule has 0 saturated heterocycles. The SMILES string of the molecule is [CH2]S(=O)(=O)C(=O)c1ccccn1. The quantitative estimate of drug-likeness (QED) is 0.634. The van der Waals surface area contributed by atoms with Gasteiger partial charge in [-0.15, -0.1) is 0 Å². The second kappa shape index (κ2) is 3.02. The first-order chi connectivity index (χ1) is 5.52. The summed E-state index contributed by atoms with van der Waals surface area (Å²) in [6, 6.07) is 4.45. The van der Waals surface area contributed by atoms with E-state index in [0.29, 0.717) is 0 Å². The summed E-state index contributed by atoms with van der Waals surface area (Å²) in [5, 5.41) is -1.05. The molecule has 1 aromatic rings. The van der Waals surface area contributed by atoms with E-state index in [1.807, 2.05) is 0 Å². The predicted octanol–water partition coefficient (Wildman–Crippen LogP) is 0.428. The Morgan fingerprint density at radius 3 is 2.50 bits per heavy atom. The number of hydrogen-bond donors (Lipinski definition) is 0. The van der Waals surface area contributed by atoms with Gasteiger partial charge < -0.3 is 0 Å². The Hall–Kier alpha value is -1.23. The molecule has 1 aromatic heterocycles. The zero-order valence-electron chi connectivity index (χ0n) is 6.10. The number of rotatable bonds is 1. The number of sulfone groups is 1. The molecule has 0 unspecified atom stereocenters. The van der Waals surface area contributed by atoms with E-state index in [0.717, 1.165) is 0 Å². The van der Waals surface area contributed by atoms with Crippen molar-refractivity contribution in [3.05, 3.63) is 36.3 Å². The van der Waals surface area contributed by atoms with Gasteiger partial charge in [0.25, 0.3) is 5.12 Å². The molecule has 1 radical (unpaired) electrons. The Bertz CT molecular complexity index is 382. The van der Waals surface area contributed by atoms with Gasteiger partial charge in [-0.25, -0.2) is 8.42 Å². The second-order valence-electron chi connectivity index (χ2n) is 2.12. The van der Waals surface area contributed by atoms with Crippen LogP contribution < -0.4 is 0 Å². The molecule has 0 bridgehead atoms. The molecule has 0 aromatic carbocycles. The molecule has 5 heteroatoms. The molecule has 0 atom stereocenters. The monoisotopic (exact) mass is 184 g/mol. The van der Waals surface area contributed by atoms with Gasteiger partial charge in [0.1, 0.15) is 5.69 Å². The third-order valence-corrected chi connectivity index (χ3v) is 1.93. The lowest BCUT2D eigenvalue weighted by Gasteiger charge is -1.94. The summed E-state index contributed by atoms with van der Waals surface area (Å²) in [4.78, 5) is 14.5. The van der Waals surface area contributed by atoms with Crippen LogP contribution in [0.4, 0.5) is 0 Å². The maximum Gasteiger partial charge on any atom is 0.294 e. The van der Waals surface area contributed by atoms with E-state index in [4.69, 9.17) is 0 Å². The molecule has 0 aliphatic rings. The van der Waals surface area contributed by atoms with Gasteiger partial charge in [0, 0.05) is 6.20 Å². The van der Waals surface area contributed by atoms with E-state index >= 15 is 0 Å². The zero-order valence-corrected chi connectivity index (χ0v) is 6.91. The summed E-state index contributed by atoms with van der Waals surface area (Å²) in [5.74, 6) is 0. The minimum atomic E-state index is -3.91. The van der Waals surface area contributed by atoms with E-state index < -0.39 is 15.0 Å². The number of aromatic nitrogens is 1. The lowest BCUT2D eigenvalue weighted by Crippen LogP contribution is -2.12. The van der Waals surface area contributed by atoms with Crippen LogP contribution in [0.1, 0.15) is 10.5 Å². The van der Waals surface area contributed by atoms with Gasteiger partial charge >= 0.3 is 0 Å². The highest BCUT2D eigenvalue weighted by Gasteiger charge is 2.18. The van der Waals surface area contributed by atoms with E-state index in [1.54, 1.807) is 6.07 Å². The molecular weight excluding hydrogens is 178 g/mol. The van der Waals surface area contributed by atoms with Gasteiger partial charge in [0.2, 0.25) is 9.84 Å². The molecule has 0 fully saturated rings. The van der Waals surface area contributed by atoms with Crippen LogP contribution in [0, 0.1) is 6.26 Å². The van der Waals surface area contributed by atoms with Gasteiger partial charge in [-0.2, -0.15) is 0 Å². The van der Waals surface area contributed by atoms with Crippen LogP contribution in [-0.2, 0) is 9.84 Å². The third-order valence-electron chi connectivity index (χ3n) is 1.16. The van der Waals surface area contributed by atoms with Gasteiger partial charge in [0.05, 0.1) is 6.26 Å². The molecule has 1 rings (SSSR count). The van der Waals surface area contributed by atoms with Crippen molar-refractivity contribution < 1.29 is 13.2 Å². The first kappa shape index (κ1) is 8.86. The Balaban J connectivity index is 3.11. The number of carbonyl (C=O) groups is 1. The Morgan fingerprint density at radius 2 is 2.08 bits per heavy atom. The highest BCUT2D eigenvalue weighted by Crippen LogP contribution is 2.01. The molecular formula is C7H6NO3S. The van der Waals surface area contributed by atoms with Crippen LogP contribution in [0.5, 0.6) is 0 Å². The molecule has 0 amide bonds. The fourth-order valence-electron chi connectivity index (χ4n) is 0.643. The minimum absolute atomic E-state index is 0.104. The van der Waals surface area contributed by atoms with Crippen molar-refractivity contribution in [2.75, 3.05) is 0 Å². The van der Waals surface area contributed by atoms with Crippen LogP contribution in [-0.4, -0.2) is 18.5 Å². The average molecular weight is 184 g/mol. The number of carbonyl (C=O) groups excluding carboxylic acids is 1. The third kappa shape index (κ3) is 1.88. The fraction of sp³-hybridized carbons (Fsp3) is 0. The largest absolute Gasteiger partial charge is 0.294 e. The first-order valence-corrected chi connectivity index (χ1v) is 4.70. The van der Waals surface area contributed by atoms with E-state index in [2.05, 4.69) is 11.2 Å². The van der Waals surface area contributed by atoms with Crippen LogP contribution in [0.15, 0.2) is 24.4 Å². The smallest absolute Gasteiger partial charge is 0.274 e. The summed E-state index contributed by atoms with van der Waals surface area (Å²) in [6.45, 7) is 0. The lowest BCUT2D eigenvalue weighted by atomic mass is 10.4.